The Bertz CT molecular complexity index is 160. The zero-order chi connectivity index (χ0) is 9.94. The Hall–Kier alpha value is -0.280. The van der Waals surface area contributed by atoms with Crippen molar-refractivity contribution in [2.75, 3.05) is 0 Å². The van der Waals surface area contributed by atoms with Crippen LogP contribution in [-0.4, -0.2) is 28.2 Å². The van der Waals surface area contributed by atoms with Gasteiger partial charge in [0.15, 0.2) is 6.10 Å². The molecule has 0 bridgehead atoms. The van der Waals surface area contributed by atoms with Crippen LogP contribution in [0.25, 0.3) is 0 Å². The van der Waals surface area contributed by atoms with Crippen LogP contribution in [0.5, 0.6) is 0 Å². The molecule has 72 valence electrons. The van der Waals surface area contributed by atoms with Crippen molar-refractivity contribution in [3.05, 3.63) is 0 Å². The highest BCUT2D eigenvalue weighted by Crippen LogP contribution is 2.11. The smallest absolute Gasteiger partial charge is 0.337 e. The minimum absolute atomic E-state index is 0.580. The van der Waals surface area contributed by atoms with Crippen molar-refractivity contribution in [2.45, 2.75) is 44.8 Å². The van der Waals surface area contributed by atoms with E-state index in [1.807, 2.05) is 0 Å². The van der Waals surface area contributed by atoms with Crippen LogP contribution in [0.2, 0.25) is 0 Å². The Labute approximate surface area is 77.7 Å². The van der Waals surface area contributed by atoms with Crippen molar-refractivity contribution in [1.29, 1.82) is 0 Å². The first-order valence-electron chi connectivity index (χ1n) is 3.79. The molecule has 0 spiro atoms. The fourth-order valence-corrected chi connectivity index (χ4v) is 0.653. The molecular weight excluding hydrogens is 180 g/mol. The molecule has 0 radical (unpaired) electrons. The first-order valence-corrected chi connectivity index (χ1v) is 4.22. The fraction of sp³-hybridized carbons (Fsp3) is 0.875. The lowest BCUT2D eigenvalue weighted by atomic mass is 10.2. The van der Waals surface area contributed by atoms with Crippen molar-refractivity contribution < 1.29 is 14.6 Å². The number of halogens is 1. The number of ether oxygens (including phenoxy) is 1. The second-order valence-electron chi connectivity index (χ2n) is 3.66. The number of esters is 1. The maximum atomic E-state index is 11.0. The van der Waals surface area contributed by atoms with Gasteiger partial charge in [0.1, 0.15) is 5.60 Å². The first-order chi connectivity index (χ1) is 5.24. The number of aliphatic hydroxyl groups excluding tert-OH is 1. The molecule has 12 heavy (non-hydrogen) atoms. The molecule has 0 saturated heterocycles. The van der Waals surface area contributed by atoms with Gasteiger partial charge in [0.25, 0.3) is 0 Å². The zero-order valence-electron chi connectivity index (χ0n) is 7.80. The van der Waals surface area contributed by atoms with E-state index in [4.69, 9.17) is 21.4 Å². The van der Waals surface area contributed by atoms with Crippen molar-refractivity contribution in [3.63, 3.8) is 0 Å². The van der Waals surface area contributed by atoms with Gasteiger partial charge >= 0.3 is 5.97 Å². The van der Waals surface area contributed by atoms with E-state index in [0.29, 0.717) is 0 Å². The number of hydrogen-bond acceptors (Lipinski definition) is 3. The highest BCUT2D eigenvalue weighted by atomic mass is 35.5. The summed E-state index contributed by atoms with van der Waals surface area (Å²) >= 11 is 5.50. The number of hydrogen-bond donors (Lipinski definition) is 1. The van der Waals surface area contributed by atoms with Crippen LogP contribution < -0.4 is 0 Å². The van der Waals surface area contributed by atoms with Crippen LogP contribution in [-0.2, 0) is 9.53 Å². The second kappa shape index (κ2) is 4.10. The Kier molecular flexibility index (Phi) is 4.00. The molecule has 0 aromatic carbocycles. The average Bonchev–Trinajstić information content (AvgIpc) is 1.82. The third-order valence-corrected chi connectivity index (χ3v) is 1.32. The van der Waals surface area contributed by atoms with Crippen molar-refractivity contribution in [2.24, 2.45) is 0 Å². The summed E-state index contributed by atoms with van der Waals surface area (Å²) in [5.74, 6) is -0.676. The van der Waals surface area contributed by atoms with Crippen molar-refractivity contribution >= 4 is 17.6 Å². The van der Waals surface area contributed by atoms with Gasteiger partial charge in [-0.3, -0.25) is 0 Å². The summed E-state index contributed by atoms with van der Waals surface area (Å²) in [6, 6.07) is 0. The third-order valence-electron chi connectivity index (χ3n) is 1.08. The van der Waals surface area contributed by atoms with E-state index in [1.165, 1.54) is 6.92 Å². The van der Waals surface area contributed by atoms with Gasteiger partial charge in [0, 0.05) is 0 Å². The molecule has 1 N–H and O–H groups in total. The van der Waals surface area contributed by atoms with E-state index < -0.39 is 23.1 Å². The number of carbonyl (C=O) groups is 1. The lowest BCUT2D eigenvalue weighted by Crippen LogP contribution is -2.35. The molecule has 0 heterocycles. The molecule has 0 aliphatic carbocycles. The van der Waals surface area contributed by atoms with Gasteiger partial charge in [-0.05, 0) is 27.7 Å². The third kappa shape index (κ3) is 4.57. The van der Waals surface area contributed by atoms with Gasteiger partial charge in [0.2, 0.25) is 0 Å². The molecular formula is C8H15ClO3. The quantitative estimate of drug-likeness (QED) is 0.533. The maximum absolute atomic E-state index is 11.0. The SMILES string of the molecule is C[C@@H](Cl)[C@@H](O)C(=O)OC(C)(C)C. The van der Waals surface area contributed by atoms with E-state index in [2.05, 4.69) is 0 Å². The van der Waals surface area contributed by atoms with E-state index in [1.54, 1.807) is 20.8 Å². The lowest BCUT2D eigenvalue weighted by Gasteiger charge is -2.22. The molecule has 0 aliphatic heterocycles. The van der Waals surface area contributed by atoms with Gasteiger partial charge in [-0.2, -0.15) is 0 Å². The molecule has 2 atom stereocenters. The summed E-state index contributed by atoms with van der Waals surface area (Å²) < 4.78 is 4.89. The van der Waals surface area contributed by atoms with Crippen LogP contribution in [0.4, 0.5) is 0 Å². The second-order valence-corrected chi connectivity index (χ2v) is 4.34. The Morgan fingerprint density at radius 1 is 1.50 bits per heavy atom. The molecule has 0 rings (SSSR count). The molecule has 0 saturated carbocycles. The summed E-state index contributed by atoms with van der Waals surface area (Å²) in [6.07, 6.45) is -1.24. The monoisotopic (exact) mass is 194 g/mol. The van der Waals surface area contributed by atoms with E-state index in [9.17, 15) is 4.79 Å². The van der Waals surface area contributed by atoms with Crippen LogP contribution in [0, 0.1) is 0 Å². The highest BCUT2D eigenvalue weighted by molar-refractivity contribution is 6.22. The summed E-state index contributed by atoms with van der Waals surface area (Å²) in [5, 5.41) is 8.53. The predicted octanol–water partition coefficient (Wildman–Crippen LogP) is 1.32. The topological polar surface area (TPSA) is 46.5 Å². The molecule has 0 aromatic heterocycles. The Balaban J connectivity index is 4.05. The molecule has 3 nitrogen and oxygen atoms in total. The zero-order valence-corrected chi connectivity index (χ0v) is 8.55. The fourth-order valence-electron chi connectivity index (χ4n) is 0.550. The van der Waals surface area contributed by atoms with Gasteiger partial charge < -0.3 is 9.84 Å². The highest BCUT2D eigenvalue weighted by Gasteiger charge is 2.26. The van der Waals surface area contributed by atoms with Crippen molar-refractivity contribution in [1.82, 2.24) is 0 Å². The summed E-state index contributed by atoms with van der Waals surface area (Å²) in [5.41, 5.74) is -0.580. The largest absolute Gasteiger partial charge is 0.458 e. The number of rotatable bonds is 2. The Morgan fingerprint density at radius 3 is 2.17 bits per heavy atom. The summed E-state index contributed by atoms with van der Waals surface area (Å²) in [7, 11) is 0. The minimum atomic E-state index is -1.24. The average molecular weight is 195 g/mol. The lowest BCUT2D eigenvalue weighted by molar-refractivity contribution is -0.164. The summed E-state index contributed by atoms with van der Waals surface area (Å²) in [4.78, 5) is 11.0. The minimum Gasteiger partial charge on any atom is -0.458 e. The van der Waals surface area contributed by atoms with Crippen molar-refractivity contribution in [3.8, 4) is 0 Å². The van der Waals surface area contributed by atoms with E-state index in [-0.39, 0.29) is 0 Å². The molecule has 4 heteroatoms. The summed E-state index contributed by atoms with van der Waals surface area (Å²) in [6.45, 7) is 6.74. The van der Waals surface area contributed by atoms with Gasteiger partial charge in [-0.15, -0.1) is 11.6 Å². The first kappa shape index (κ1) is 11.7. The van der Waals surface area contributed by atoms with Crippen LogP contribution in [0.3, 0.4) is 0 Å². The number of carbonyl (C=O) groups excluding carboxylic acids is 1. The van der Waals surface area contributed by atoms with Crippen LogP contribution in [0.15, 0.2) is 0 Å². The van der Waals surface area contributed by atoms with Crippen LogP contribution >= 0.6 is 11.6 Å². The number of aliphatic hydroxyl groups is 1. The van der Waals surface area contributed by atoms with Gasteiger partial charge in [0.05, 0.1) is 5.38 Å². The van der Waals surface area contributed by atoms with Gasteiger partial charge in [-0.25, -0.2) is 4.79 Å². The molecule has 0 unspecified atom stereocenters. The molecule has 0 aliphatic rings. The maximum Gasteiger partial charge on any atom is 0.337 e. The molecule has 0 amide bonds. The van der Waals surface area contributed by atoms with Crippen LogP contribution in [0.1, 0.15) is 27.7 Å². The van der Waals surface area contributed by atoms with E-state index in [0.717, 1.165) is 0 Å². The number of alkyl halides is 1. The Morgan fingerprint density at radius 2 is 1.92 bits per heavy atom. The molecule has 0 fully saturated rings. The standard InChI is InChI=1S/C8H15ClO3/c1-5(9)6(10)7(11)12-8(2,3)4/h5-6,10H,1-4H3/t5-,6-/m1/s1. The predicted molar refractivity (Wildman–Crippen MR) is 47.2 cm³/mol. The molecule has 0 aromatic rings. The van der Waals surface area contributed by atoms with Gasteiger partial charge in [-0.1, -0.05) is 0 Å². The van der Waals surface area contributed by atoms with E-state index >= 15 is 0 Å². The normalized spacial score (nSPS) is 16.8.